The van der Waals surface area contributed by atoms with Gasteiger partial charge in [0.2, 0.25) is 0 Å². The van der Waals surface area contributed by atoms with Crippen LogP contribution >= 0.6 is 0 Å². The van der Waals surface area contributed by atoms with Gasteiger partial charge in [0, 0.05) is 24.7 Å². The molecule has 4 rings (SSSR count). The monoisotopic (exact) mass is 488 g/mol. The van der Waals surface area contributed by atoms with Crippen molar-refractivity contribution in [1.82, 2.24) is 0 Å². The molecule has 0 aromatic rings. The van der Waals surface area contributed by atoms with E-state index in [-0.39, 0.29) is 35.7 Å². The van der Waals surface area contributed by atoms with E-state index in [4.69, 9.17) is 4.74 Å². The van der Waals surface area contributed by atoms with Gasteiger partial charge in [-0.1, -0.05) is 52.0 Å². The average molecular weight is 489 g/mol. The van der Waals surface area contributed by atoms with E-state index in [9.17, 15) is 20.1 Å². The molecule has 35 heavy (non-hydrogen) atoms. The fraction of sp³-hybridized carbons (Fsp3) is 0.833. The Balaban J connectivity index is 1.70. The van der Waals surface area contributed by atoms with Crippen LogP contribution in [0.1, 0.15) is 86.5 Å². The Hall–Kier alpha value is -1.17. The van der Waals surface area contributed by atoms with Crippen LogP contribution in [0.4, 0.5) is 0 Å². The molecule has 4 fully saturated rings. The second-order valence-electron chi connectivity index (χ2n) is 13.2. The van der Waals surface area contributed by atoms with E-state index >= 15 is 0 Å². The summed E-state index contributed by atoms with van der Waals surface area (Å²) < 4.78 is 6.09. The number of rotatable bonds is 5. The van der Waals surface area contributed by atoms with Gasteiger partial charge >= 0.3 is 5.97 Å². The zero-order chi connectivity index (χ0) is 25.9. The summed E-state index contributed by atoms with van der Waals surface area (Å²) >= 11 is 0. The van der Waals surface area contributed by atoms with E-state index in [1.807, 2.05) is 0 Å². The molecule has 5 heteroatoms. The number of fused-ring (bicyclic) bond motifs is 5. The highest BCUT2D eigenvalue weighted by Crippen LogP contribution is 2.69. The van der Waals surface area contributed by atoms with Crippen molar-refractivity contribution >= 4 is 5.97 Å². The number of hydrogen-bond acceptors (Lipinski definition) is 5. The van der Waals surface area contributed by atoms with E-state index in [1.54, 1.807) is 0 Å². The third-order valence-electron chi connectivity index (χ3n) is 11.3. The van der Waals surface area contributed by atoms with Crippen LogP contribution < -0.4 is 0 Å². The van der Waals surface area contributed by atoms with Gasteiger partial charge in [0.05, 0.1) is 17.8 Å². The molecular weight excluding hydrogens is 440 g/mol. The van der Waals surface area contributed by atoms with Crippen molar-refractivity contribution in [3.05, 3.63) is 24.3 Å². The molecule has 0 saturated heterocycles. The number of aliphatic hydroxyl groups excluding tert-OH is 2. The second-order valence-corrected chi connectivity index (χ2v) is 13.2. The summed E-state index contributed by atoms with van der Waals surface area (Å²) in [5, 5.41) is 33.6. The van der Waals surface area contributed by atoms with Crippen molar-refractivity contribution < 1.29 is 24.9 Å². The Morgan fingerprint density at radius 1 is 1.09 bits per heavy atom. The Morgan fingerprint density at radius 3 is 2.40 bits per heavy atom. The highest BCUT2D eigenvalue weighted by molar-refractivity contribution is 5.66. The number of aliphatic hydroxyl groups is 3. The SMILES string of the molecule is C=C(C)[C@@H](C)C=C[C@@H](C)[C@H]1CC[C@H]2[C@@H]3C[C@@H](O)[C@@]4(O)C[C@@H](O)CC[C@]4(C)[C@H]3[C@H](OC(C)=O)C[C@]12C. The van der Waals surface area contributed by atoms with Gasteiger partial charge in [0.1, 0.15) is 6.10 Å². The molecule has 0 spiro atoms. The molecule has 0 aliphatic heterocycles. The molecule has 198 valence electrons. The van der Waals surface area contributed by atoms with Gasteiger partial charge in [0.25, 0.3) is 0 Å². The predicted octanol–water partition coefficient (Wildman–Crippen LogP) is 5.04. The normalized spacial score (nSPS) is 49.0. The van der Waals surface area contributed by atoms with Gasteiger partial charge in [-0.2, -0.15) is 0 Å². The lowest BCUT2D eigenvalue weighted by Gasteiger charge is -2.66. The van der Waals surface area contributed by atoms with Crippen LogP contribution in [0.15, 0.2) is 24.3 Å². The summed E-state index contributed by atoms with van der Waals surface area (Å²) in [6, 6.07) is 0. The molecule has 4 saturated carbocycles. The molecular formula is C30H48O5. The Labute approximate surface area is 212 Å². The van der Waals surface area contributed by atoms with E-state index in [0.29, 0.717) is 42.9 Å². The summed E-state index contributed by atoms with van der Waals surface area (Å²) in [4.78, 5) is 12.3. The first-order chi connectivity index (χ1) is 16.2. The number of allylic oxidation sites excluding steroid dienone is 3. The lowest BCUT2D eigenvalue weighted by Crippen LogP contribution is -2.71. The predicted molar refractivity (Wildman–Crippen MR) is 137 cm³/mol. The lowest BCUT2D eigenvalue weighted by molar-refractivity contribution is -0.284. The molecule has 3 N–H and O–H groups in total. The van der Waals surface area contributed by atoms with Gasteiger partial charge in [-0.15, -0.1) is 0 Å². The van der Waals surface area contributed by atoms with Crippen LogP contribution in [0.25, 0.3) is 0 Å². The molecule has 0 heterocycles. The third kappa shape index (κ3) is 4.24. The number of hydrogen-bond donors (Lipinski definition) is 3. The van der Waals surface area contributed by atoms with Crippen molar-refractivity contribution in [3.63, 3.8) is 0 Å². The molecule has 0 aromatic heterocycles. The zero-order valence-electron chi connectivity index (χ0n) is 22.7. The average Bonchev–Trinajstić information content (AvgIpc) is 3.10. The highest BCUT2D eigenvalue weighted by Gasteiger charge is 2.70. The lowest BCUT2D eigenvalue weighted by atomic mass is 9.41. The number of ether oxygens (including phenoxy) is 1. The van der Waals surface area contributed by atoms with Crippen LogP contribution in [0.5, 0.6) is 0 Å². The Kier molecular flexibility index (Phi) is 7.14. The van der Waals surface area contributed by atoms with Gasteiger partial charge < -0.3 is 20.1 Å². The van der Waals surface area contributed by atoms with Crippen molar-refractivity contribution in [2.24, 2.45) is 46.3 Å². The van der Waals surface area contributed by atoms with E-state index in [2.05, 4.69) is 53.3 Å². The van der Waals surface area contributed by atoms with Gasteiger partial charge in [-0.25, -0.2) is 0 Å². The summed E-state index contributed by atoms with van der Waals surface area (Å²) in [7, 11) is 0. The molecule has 5 nitrogen and oxygen atoms in total. The van der Waals surface area contributed by atoms with Crippen molar-refractivity contribution in [2.45, 2.75) is 110 Å². The molecule has 0 aromatic carbocycles. The minimum Gasteiger partial charge on any atom is -0.462 e. The fourth-order valence-corrected chi connectivity index (χ4v) is 9.21. The maximum Gasteiger partial charge on any atom is 0.302 e. The zero-order valence-corrected chi connectivity index (χ0v) is 22.7. The molecule has 0 unspecified atom stereocenters. The standard InChI is InChI=1S/C30H48O5/c1-17(2)18(3)8-9-19(4)23-10-11-24-22-14-26(33)30(34)15-21(32)12-13-29(30,7)27(22)25(35-20(5)31)16-28(23,24)6/h8-9,18-19,21-27,32-34H,1,10-16H2,2-7H3/t18-,19+,21-,22-,23+,24-,25+,26+,27+,28+,29+,30-/m0/s1. The molecule has 4 aliphatic carbocycles. The van der Waals surface area contributed by atoms with E-state index in [1.165, 1.54) is 6.92 Å². The summed E-state index contributed by atoms with van der Waals surface area (Å²) in [5.41, 5.74) is -0.799. The van der Waals surface area contributed by atoms with E-state index in [0.717, 1.165) is 24.8 Å². The van der Waals surface area contributed by atoms with Gasteiger partial charge in [-0.05, 0) is 80.5 Å². The third-order valence-corrected chi connectivity index (χ3v) is 11.3. The summed E-state index contributed by atoms with van der Waals surface area (Å²) in [6.07, 6.45) is 7.81. The van der Waals surface area contributed by atoms with Crippen molar-refractivity contribution in [3.8, 4) is 0 Å². The van der Waals surface area contributed by atoms with Gasteiger partial charge in [-0.3, -0.25) is 4.79 Å². The van der Waals surface area contributed by atoms with Crippen LogP contribution in [-0.2, 0) is 9.53 Å². The first-order valence-electron chi connectivity index (χ1n) is 13.8. The smallest absolute Gasteiger partial charge is 0.302 e. The number of carbonyl (C=O) groups excluding carboxylic acids is 1. The van der Waals surface area contributed by atoms with Crippen LogP contribution in [0.3, 0.4) is 0 Å². The van der Waals surface area contributed by atoms with E-state index < -0.39 is 23.2 Å². The van der Waals surface area contributed by atoms with Crippen LogP contribution in [0.2, 0.25) is 0 Å². The largest absolute Gasteiger partial charge is 0.462 e. The minimum absolute atomic E-state index is 0.00276. The maximum atomic E-state index is 12.3. The minimum atomic E-state index is -1.36. The molecule has 12 atom stereocenters. The highest BCUT2D eigenvalue weighted by atomic mass is 16.5. The van der Waals surface area contributed by atoms with Crippen molar-refractivity contribution in [2.75, 3.05) is 0 Å². The molecule has 4 aliphatic rings. The molecule has 0 radical (unpaired) electrons. The second kappa shape index (κ2) is 9.29. The van der Waals surface area contributed by atoms with Gasteiger partial charge in [0.15, 0.2) is 0 Å². The van der Waals surface area contributed by atoms with Crippen molar-refractivity contribution in [1.29, 1.82) is 0 Å². The Morgan fingerprint density at radius 2 is 1.77 bits per heavy atom. The molecule has 0 amide bonds. The first-order valence-corrected chi connectivity index (χ1v) is 13.8. The first kappa shape index (κ1) is 26.9. The topological polar surface area (TPSA) is 87.0 Å². The summed E-state index contributed by atoms with van der Waals surface area (Å²) in [5.74, 6) is 1.53. The van der Waals surface area contributed by atoms with Crippen LogP contribution in [-0.4, -0.2) is 45.2 Å². The fourth-order valence-electron chi connectivity index (χ4n) is 9.21. The Bertz CT molecular complexity index is 867. The summed E-state index contributed by atoms with van der Waals surface area (Å²) in [6.45, 7) is 16.6. The maximum absolute atomic E-state index is 12.3. The molecule has 0 bridgehead atoms. The van der Waals surface area contributed by atoms with Crippen LogP contribution in [0, 0.1) is 46.3 Å². The quantitative estimate of drug-likeness (QED) is 0.373. The number of esters is 1. The number of carbonyl (C=O) groups is 1.